The average molecular weight is 325 g/mol. The number of likely N-dealkylation sites (tertiary alicyclic amines) is 1. The molecule has 128 valence electrons. The third-order valence-corrected chi connectivity index (χ3v) is 6.73. The molecule has 4 nitrogen and oxygen atoms in total. The Bertz CT molecular complexity index is 618. The van der Waals surface area contributed by atoms with Crippen molar-refractivity contribution < 1.29 is 4.74 Å². The van der Waals surface area contributed by atoms with Gasteiger partial charge in [-0.3, -0.25) is 4.90 Å². The molecule has 2 saturated carbocycles. The minimum atomic E-state index is -0.234. The van der Waals surface area contributed by atoms with E-state index in [1.807, 2.05) is 13.2 Å². The fourth-order valence-corrected chi connectivity index (χ4v) is 5.69. The number of pyridine rings is 1. The summed E-state index contributed by atoms with van der Waals surface area (Å²) in [6.45, 7) is 2.28. The lowest BCUT2D eigenvalue weighted by Gasteiger charge is -2.56. The Hall–Kier alpha value is -1.44. The summed E-state index contributed by atoms with van der Waals surface area (Å²) in [5.41, 5.74) is 1.43. The van der Waals surface area contributed by atoms with Crippen molar-refractivity contribution in [3.8, 4) is 6.07 Å². The van der Waals surface area contributed by atoms with Crippen molar-refractivity contribution in [2.24, 2.45) is 11.8 Å². The van der Waals surface area contributed by atoms with Crippen LogP contribution in [0.2, 0.25) is 0 Å². The van der Waals surface area contributed by atoms with Crippen molar-refractivity contribution in [3.05, 3.63) is 29.6 Å². The number of aromatic nitrogens is 1. The van der Waals surface area contributed by atoms with Crippen molar-refractivity contribution in [2.75, 3.05) is 20.2 Å². The lowest BCUT2D eigenvalue weighted by atomic mass is 9.62. The van der Waals surface area contributed by atoms with Crippen LogP contribution in [0, 0.1) is 23.2 Å². The molecule has 3 fully saturated rings. The van der Waals surface area contributed by atoms with E-state index in [4.69, 9.17) is 4.74 Å². The zero-order valence-electron chi connectivity index (χ0n) is 14.6. The third-order valence-electron chi connectivity index (χ3n) is 6.73. The molecule has 0 N–H and O–H groups in total. The quantitative estimate of drug-likeness (QED) is 0.854. The molecular weight excluding hydrogens is 298 g/mol. The Morgan fingerprint density at radius 1 is 1.17 bits per heavy atom. The van der Waals surface area contributed by atoms with Crippen molar-refractivity contribution in [3.63, 3.8) is 0 Å². The summed E-state index contributed by atoms with van der Waals surface area (Å²) in [6.07, 6.45) is 11.0. The van der Waals surface area contributed by atoms with Crippen LogP contribution in [0.5, 0.6) is 0 Å². The highest BCUT2D eigenvalue weighted by atomic mass is 16.5. The minimum Gasteiger partial charge on any atom is -0.373 e. The van der Waals surface area contributed by atoms with Gasteiger partial charge in [-0.15, -0.1) is 0 Å². The fraction of sp³-hybridized carbons (Fsp3) is 0.700. The number of nitriles is 1. The summed E-state index contributed by atoms with van der Waals surface area (Å²) in [7, 11) is 1.86. The Labute approximate surface area is 144 Å². The fourth-order valence-electron chi connectivity index (χ4n) is 5.69. The van der Waals surface area contributed by atoms with Crippen molar-refractivity contribution >= 4 is 0 Å². The Morgan fingerprint density at radius 2 is 1.88 bits per heavy atom. The van der Waals surface area contributed by atoms with E-state index in [-0.39, 0.29) is 5.60 Å². The van der Waals surface area contributed by atoms with Crippen LogP contribution in [0.15, 0.2) is 18.3 Å². The molecule has 4 rings (SSSR count). The number of hydrogen-bond donors (Lipinski definition) is 0. The molecule has 3 aliphatic rings. The SMILES string of the molecule is COC1(c2ccnc(C#N)c2)[C@@H]2CCC[C@H]1CN(C1CCCC1)C2. The highest BCUT2D eigenvalue weighted by Gasteiger charge is 2.54. The number of nitrogens with zero attached hydrogens (tertiary/aromatic N) is 3. The van der Waals surface area contributed by atoms with Gasteiger partial charge in [0.2, 0.25) is 0 Å². The monoisotopic (exact) mass is 325 g/mol. The molecule has 3 atom stereocenters. The number of methoxy groups -OCH3 is 1. The van der Waals surface area contributed by atoms with Crippen LogP contribution in [-0.2, 0) is 10.3 Å². The first-order chi connectivity index (χ1) is 11.8. The van der Waals surface area contributed by atoms with Gasteiger partial charge in [0.05, 0.1) is 0 Å². The first-order valence-electron chi connectivity index (χ1n) is 9.43. The van der Waals surface area contributed by atoms with Gasteiger partial charge in [-0.25, -0.2) is 4.98 Å². The molecule has 2 aliphatic carbocycles. The Kier molecular flexibility index (Phi) is 4.32. The Balaban J connectivity index is 1.68. The predicted octanol–water partition coefficient (Wildman–Crippen LogP) is 3.47. The lowest BCUT2D eigenvalue weighted by Crippen LogP contribution is -2.60. The van der Waals surface area contributed by atoms with Gasteiger partial charge in [0, 0.05) is 44.3 Å². The summed E-state index contributed by atoms with van der Waals surface area (Å²) >= 11 is 0. The van der Waals surface area contributed by atoms with E-state index in [9.17, 15) is 5.26 Å². The smallest absolute Gasteiger partial charge is 0.140 e. The van der Waals surface area contributed by atoms with Crippen molar-refractivity contribution in [2.45, 2.75) is 56.6 Å². The number of rotatable bonds is 3. The van der Waals surface area contributed by atoms with Gasteiger partial charge < -0.3 is 4.74 Å². The summed E-state index contributed by atoms with van der Waals surface area (Å²) in [5.74, 6) is 1.04. The molecule has 0 radical (unpaired) electrons. The van der Waals surface area contributed by atoms with Crippen molar-refractivity contribution in [1.29, 1.82) is 5.26 Å². The number of ether oxygens (including phenoxy) is 1. The molecule has 0 spiro atoms. The second-order valence-corrected chi connectivity index (χ2v) is 7.76. The van der Waals surface area contributed by atoms with E-state index in [0.29, 0.717) is 17.5 Å². The van der Waals surface area contributed by atoms with Gasteiger partial charge in [0.1, 0.15) is 17.4 Å². The average Bonchev–Trinajstić information content (AvgIpc) is 3.15. The van der Waals surface area contributed by atoms with E-state index in [0.717, 1.165) is 24.7 Å². The highest BCUT2D eigenvalue weighted by Crippen LogP contribution is 2.52. The van der Waals surface area contributed by atoms with Crippen molar-refractivity contribution in [1.82, 2.24) is 9.88 Å². The molecular formula is C20H27N3O. The van der Waals surface area contributed by atoms with Crippen LogP contribution in [0.3, 0.4) is 0 Å². The van der Waals surface area contributed by atoms with E-state index < -0.39 is 0 Å². The second-order valence-electron chi connectivity index (χ2n) is 7.76. The maximum absolute atomic E-state index is 9.24. The summed E-state index contributed by atoms with van der Waals surface area (Å²) in [6, 6.07) is 7.01. The molecule has 2 heterocycles. The maximum Gasteiger partial charge on any atom is 0.140 e. The number of fused-ring (bicyclic) bond motifs is 2. The molecule has 2 bridgehead atoms. The normalized spacial score (nSPS) is 34.2. The van der Waals surface area contributed by atoms with Gasteiger partial charge in [-0.2, -0.15) is 5.26 Å². The molecule has 1 saturated heterocycles. The van der Waals surface area contributed by atoms with Gasteiger partial charge in [0.25, 0.3) is 0 Å². The topological polar surface area (TPSA) is 49.1 Å². The largest absolute Gasteiger partial charge is 0.373 e. The Morgan fingerprint density at radius 3 is 2.50 bits per heavy atom. The zero-order valence-corrected chi connectivity index (χ0v) is 14.6. The molecule has 0 aromatic carbocycles. The van der Waals surface area contributed by atoms with E-state index in [1.54, 1.807) is 6.20 Å². The molecule has 24 heavy (non-hydrogen) atoms. The van der Waals surface area contributed by atoms with E-state index >= 15 is 0 Å². The van der Waals surface area contributed by atoms with Gasteiger partial charge >= 0.3 is 0 Å². The van der Waals surface area contributed by atoms with Crippen LogP contribution >= 0.6 is 0 Å². The highest BCUT2D eigenvalue weighted by molar-refractivity contribution is 5.32. The standard InChI is InChI=1S/C20H27N3O/c1-24-20(15-9-10-22-18(11-15)12-21)16-5-4-6-17(20)14-23(13-16)19-7-2-3-8-19/h9-11,16-17,19H,2-8,13-14H2,1H3/t16-,17+,20?. The molecule has 4 heteroatoms. The van der Waals surface area contributed by atoms with E-state index in [1.165, 1.54) is 44.9 Å². The van der Waals surface area contributed by atoms with Crippen LogP contribution < -0.4 is 0 Å². The third kappa shape index (κ3) is 2.46. The van der Waals surface area contributed by atoms with Gasteiger partial charge in [-0.1, -0.05) is 19.3 Å². The first kappa shape index (κ1) is 16.1. The summed E-state index contributed by atoms with van der Waals surface area (Å²) < 4.78 is 6.28. The first-order valence-corrected chi connectivity index (χ1v) is 9.43. The van der Waals surface area contributed by atoms with Crippen LogP contribution in [0.25, 0.3) is 0 Å². The minimum absolute atomic E-state index is 0.234. The van der Waals surface area contributed by atoms with Crippen LogP contribution in [0.4, 0.5) is 0 Å². The molecule has 1 aliphatic heterocycles. The summed E-state index contributed by atoms with van der Waals surface area (Å²) in [4.78, 5) is 6.92. The predicted molar refractivity (Wildman–Crippen MR) is 92.3 cm³/mol. The second kappa shape index (κ2) is 6.46. The molecule has 1 aromatic heterocycles. The van der Waals surface area contributed by atoms with E-state index in [2.05, 4.69) is 22.0 Å². The maximum atomic E-state index is 9.24. The van der Waals surface area contributed by atoms with Gasteiger partial charge in [0.15, 0.2) is 0 Å². The molecule has 0 amide bonds. The lowest BCUT2D eigenvalue weighted by molar-refractivity contribution is -0.174. The number of piperidine rings is 1. The molecule has 1 unspecified atom stereocenters. The van der Waals surface area contributed by atoms with Crippen LogP contribution in [-0.4, -0.2) is 36.1 Å². The van der Waals surface area contributed by atoms with Crippen LogP contribution in [0.1, 0.15) is 56.2 Å². The number of hydrogen-bond acceptors (Lipinski definition) is 4. The van der Waals surface area contributed by atoms with Gasteiger partial charge in [-0.05, 0) is 43.4 Å². The molecule has 1 aromatic rings. The summed E-state index contributed by atoms with van der Waals surface area (Å²) in [5, 5.41) is 9.24. The zero-order chi connectivity index (χ0) is 16.6.